The van der Waals surface area contributed by atoms with Crippen LogP contribution in [0.25, 0.3) is 99.2 Å². The second-order valence-electron chi connectivity index (χ2n) is 12.2. The molecule has 47 heavy (non-hydrogen) atoms. The van der Waals surface area contributed by atoms with E-state index < -0.39 is 0 Å². The van der Waals surface area contributed by atoms with E-state index in [-0.39, 0.29) is 0 Å². The van der Waals surface area contributed by atoms with Crippen LogP contribution in [0.2, 0.25) is 0 Å². The summed E-state index contributed by atoms with van der Waals surface area (Å²) < 4.78 is 10.8. The quantitative estimate of drug-likeness (QED) is 0.198. The summed E-state index contributed by atoms with van der Waals surface area (Å²) in [6, 6.07) is 51.3. The molecule has 0 aliphatic heterocycles. The van der Waals surface area contributed by atoms with Crippen LogP contribution in [0.1, 0.15) is 0 Å². The summed E-state index contributed by atoms with van der Waals surface area (Å²) in [6.07, 6.45) is 0. The third-order valence-electron chi connectivity index (χ3n) is 9.69. The number of rotatable bonds is 2. The van der Waals surface area contributed by atoms with E-state index in [1.807, 2.05) is 24.3 Å². The standard InChI is InChI=1S/C42H24N4O/c1-2-10-28-25(9-1)18-22-37-40(28)32-23-26(27-17-20-30-29-11-4-8-16-38(29)47-39(30)24-27)19-21-35(32)45(37)42-44-33-13-5-3-12-31(33)41-43-34-14-6-7-15-36(34)46(41)42/h1-24H. The van der Waals surface area contributed by atoms with Crippen molar-refractivity contribution in [1.29, 1.82) is 0 Å². The van der Waals surface area contributed by atoms with Gasteiger partial charge >= 0.3 is 0 Å². The van der Waals surface area contributed by atoms with Crippen molar-refractivity contribution in [2.45, 2.75) is 0 Å². The lowest BCUT2D eigenvalue weighted by molar-refractivity contribution is 0.669. The summed E-state index contributed by atoms with van der Waals surface area (Å²) in [7, 11) is 0. The summed E-state index contributed by atoms with van der Waals surface area (Å²) in [4.78, 5) is 10.5. The molecule has 0 fully saturated rings. The number of nitrogens with zero attached hydrogens (tertiary/aromatic N) is 4. The average molecular weight is 601 g/mol. The minimum absolute atomic E-state index is 0.819. The van der Waals surface area contributed by atoms with E-state index >= 15 is 0 Å². The first-order valence-electron chi connectivity index (χ1n) is 15.8. The van der Waals surface area contributed by atoms with Crippen LogP contribution in [0.3, 0.4) is 0 Å². The Morgan fingerprint density at radius 3 is 2.09 bits per heavy atom. The van der Waals surface area contributed by atoms with Crippen LogP contribution in [-0.2, 0) is 0 Å². The van der Waals surface area contributed by atoms with Gasteiger partial charge in [-0.15, -0.1) is 0 Å². The van der Waals surface area contributed by atoms with Crippen molar-refractivity contribution in [3.8, 4) is 17.1 Å². The number of hydrogen-bond donors (Lipinski definition) is 0. The summed E-state index contributed by atoms with van der Waals surface area (Å²) in [5.41, 5.74) is 10.0. The van der Waals surface area contributed by atoms with Crippen molar-refractivity contribution in [2.75, 3.05) is 0 Å². The number of hydrogen-bond acceptors (Lipinski definition) is 3. The predicted molar refractivity (Wildman–Crippen MR) is 193 cm³/mol. The molecule has 0 atom stereocenters. The van der Waals surface area contributed by atoms with E-state index in [1.54, 1.807) is 0 Å². The molecule has 0 amide bonds. The monoisotopic (exact) mass is 600 g/mol. The van der Waals surface area contributed by atoms with Crippen LogP contribution in [0.4, 0.5) is 0 Å². The smallest absolute Gasteiger partial charge is 0.221 e. The van der Waals surface area contributed by atoms with Gasteiger partial charge in [-0.25, -0.2) is 9.97 Å². The molecule has 0 saturated heterocycles. The SMILES string of the molecule is c1ccc2c(c1)ccc1c2c2cc(-c3ccc4c(c3)oc3ccccc34)ccc2n1-c1nc2ccccc2c2nc3ccccc3n12. The van der Waals surface area contributed by atoms with Gasteiger partial charge in [0.2, 0.25) is 5.95 Å². The Labute approximate surface area is 267 Å². The van der Waals surface area contributed by atoms with Gasteiger partial charge in [0.1, 0.15) is 16.8 Å². The van der Waals surface area contributed by atoms with Gasteiger partial charge in [-0.1, -0.05) is 84.9 Å². The number of para-hydroxylation sites is 4. The molecule has 0 unspecified atom stereocenters. The van der Waals surface area contributed by atoms with E-state index in [4.69, 9.17) is 14.4 Å². The van der Waals surface area contributed by atoms with Crippen molar-refractivity contribution in [1.82, 2.24) is 18.9 Å². The minimum atomic E-state index is 0.819. The van der Waals surface area contributed by atoms with Gasteiger partial charge in [0.05, 0.1) is 27.6 Å². The Hall–Kier alpha value is -6.46. The molecule has 11 aromatic rings. The molecule has 7 aromatic carbocycles. The van der Waals surface area contributed by atoms with Crippen LogP contribution < -0.4 is 0 Å². The Kier molecular flexibility index (Phi) is 4.78. The van der Waals surface area contributed by atoms with Gasteiger partial charge in [-0.3, -0.25) is 8.97 Å². The first-order valence-corrected chi connectivity index (χ1v) is 15.8. The van der Waals surface area contributed by atoms with Crippen LogP contribution in [0.15, 0.2) is 150 Å². The van der Waals surface area contributed by atoms with E-state index in [0.717, 1.165) is 77.6 Å². The van der Waals surface area contributed by atoms with Crippen LogP contribution in [-0.4, -0.2) is 18.9 Å². The molecule has 0 saturated carbocycles. The van der Waals surface area contributed by atoms with Crippen molar-refractivity contribution >= 4 is 82.1 Å². The van der Waals surface area contributed by atoms with Gasteiger partial charge in [-0.05, 0) is 82.6 Å². The maximum absolute atomic E-state index is 6.27. The highest BCUT2D eigenvalue weighted by Crippen LogP contribution is 2.40. The topological polar surface area (TPSA) is 48.3 Å². The molecule has 5 heteroatoms. The first kappa shape index (κ1) is 24.8. The molecular formula is C42H24N4O. The lowest BCUT2D eigenvalue weighted by atomic mass is 9.99. The molecular weight excluding hydrogens is 576 g/mol. The lowest BCUT2D eigenvalue weighted by Crippen LogP contribution is -2.06. The minimum Gasteiger partial charge on any atom is -0.456 e. The largest absolute Gasteiger partial charge is 0.456 e. The number of benzene rings is 7. The van der Waals surface area contributed by atoms with Crippen molar-refractivity contribution < 1.29 is 4.42 Å². The normalized spacial score (nSPS) is 12.3. The van der Waals surface area contributed by atoms with Gasteiger partial charge < -0.3 is 4.42 Å². The van der Waals surface area contributed by atoms with Gasteiger partial charge in [0.15, 0.2) is 0 Å². The lowest BCUT2D eigenvalue weighted by Gasteiger charge is -2.12. The molecule has 4 heterocycles. The molecule has 0 bridgehead atoms. The molecule has 0 aliphatic carbocycles. The van der Waals surface area contributed by atoms with Gasteiger partial charge in [0.25, 0.3) is 0 Å². The summed E-state index contributed by atoms with van der Waals surface area (Å²) >= 11 is 0. The maximum atomic E-state index is 6.27. The number of aromatic nitrogens is 4. The summed E-state index contributed by atoms with van der Waals surface area (Å²) in [5, 5.41) is 8.10. The van der Waals surface area contributed by atoms with Gasteiger partial charge in [-0.2, -0.15) is 0 Å². The van der Waals surface area contributed by atoms with Crippen molar-refractivity contribution in [2.24, 2.45) is 0 Å². The first-order chi connectivity index (χ1) is 23.3. The Morgan fingerprint density at radius 2 is 1.15 bits per heavy atom. The molecule has 218 valence electrons. The fourth-order valence-electron chi connectivity index (χ4n) is 7.57. The third-order valence-corrected chi connectivity index (χ3v) is 9.69. The third kappa shape index (κ3) is 3.37. The second-order valence-corrected chi connectivity index (χ2v) is 12.2. The van der Waals surface area contributed by atoms with Crippen LogP contribution in [0, 0.1) is 0 Å². The van der Waals surface area contributed by atoms with E-state index in [2.05, 4.69) is 130 Å². The van der Waals surface area contributed by atoms with E-state index in [0.29, 0.717) is 0 Å². The second kappa shape index (κ2) is 9.05. The average Bonchev–Trinajstić information content (AvgIpc) is 3.80. The zero-order valence-electron chi connectivity index (χ0n) is 25.1. The van der Waals surface area contributed by atoms with Gasteiger partial charge in [0, 0.05) is 26.9 Å². The van der Waals surface area contributed by atoms with E-state index in [9.17, 15) is 0 Å². The molecule has 0 radical (unpaired) electrons. The molecule has 0 aliphatic rings. The summed E-state index contributed by atoms with van der Waals surface area (Å²) in [5.74, 6) is 0.819. The highest BCUT2D eigenvalue weighted by atomic mass is 16.3. The Bertz CT molecular complexity index is 3090. The van der Waals surface area contributed by atoms with Crippen molar-refractivity contribution in [3.63, 3.8) is 0 Å². The fourth-order valence-corrected chi connectivity index (χ4v) is 7.57. The predicted octanol–water partition coefficient (Wildman–Crippen LogP) is 10.9. The fraction of sp³-hybridized carbons (Fsp3) is 0. The zero-order chi connectivity index (χ0) is 30.6. The Balaban J connectivity index is 1.26. The summed E-state index contributed by atoms with van der Waals surface area (Å²) in [6.45, 7) is 0. The maximum Gasteiger partial charge on any atom is 0.221 e. The zero-order valence-corrected chi connectivity index (χ0v) is 25.1. The van der Waals surface area contributed by atoms with Crippen LogP contribution >= 0.6 is 0 Å². The van der Waals surface area contributed by atoms with Crippen molar-refractivity contribution in [3.05, 3.63) is 146 Å². The number of furan rings is 1. The highest BCUT2D eigenvalue weighted by Gasteiger charge is 2.21. The molecule has 11 rings (SSSR count). The van der Waals surface area contributed by atoms with E-state index in [1.165, 1.54) is 21.5 Å². The Morgan fingerprint density at radius 1 is 0.447 bits per heavy atom. The highest BCUT2D eigenvalue weighted by molar-refractivity contribution is 6.22. The number of imidazole rings is 1. The molecule has 0 spiro atoms. The molecule has 5 nitrogen and oxygen atoms in total. The molecule has 0 N–H and O–H groups in total. The molecule has 4 aromatic heterocycles. The number of fused-ring (bicyclic) bond motifs is 13. The van der Waals surface area contributed by atoms with Crippen LogP contribution in [0.5, 0.6) is 0 Å².